The summed E-state index contributed by atoms with van der Waals surface area (Å²) in [6.07, 6.45) is 0. The normalized spacial score (nSPS) is 12.4. The summed E-state index contributed by atoms with van der Waals surface area (Å²) in [4.78, 5) is 0. The van der Waals surface area contributed by atoms with Crippen molar-refractivity contribution in [2.24, 2.45) is 0 Å². The topological polar surface area (TPSA) is 12.0 Å². The Bertz CT molecular complexity index is 572. The molecule has 1 N–H and O–H groups in total. The fourth-order valence-electron chi connectivity index (χ4n) is 1.88. The summed E-state index contributed by atoms with van der Waals surface area (Å²) in [5, 5.41) is 3.18. The highest BCUT2D eigenvalue weighted by atomic mass is 35.5. The largest absolute Gasteiger partial charge is 0.306 e. The molecule has 0 heterocycles. The molecule has 19 heavy (non-hydrogen) atoms. The highest BCUT2D eigenvalue weighted by Gasteiger charge is 2.11. The molecule has 0 saturated carbocycles. The Kier molecular flexibility index (Phi) is 4.51. The average Bonchev–Trinajstić information content (AvgIpc) is 2.40. The zero-order chi connectivity index (χ0) is 13.8. The first-order valence-electron chi connectivity index (χ1n) is 6.00. The summed E-state index contributed by atoms with van der Waals surface area (Å²) < 4.78 is 27.3. The van der Waals surface area contributed by atoms with Crippen LogP contribution in [0.4, 0.5) is 8.78 Å². The molecule has 0 spiro atoms. The number of hydrogen-bond acceptors (Lipinski definition) is 1. The van der Waals surface area contributed by atoms with Crippen molar-refractivity contribution >= 4 is 11.6 Å². The van der Waals surface area contributed by atoms with Crippen molar-refractivity contribution in [3.05, 3.63) is 70.2 Å². The van der Waals surface area contributed by atoms with Gasteiger partial charge in [-0.05, 0) is 19.1 Å². The first kappa shape index (κ1) is 14.0. The van der Waals surface area contributed by atoms with Crippen LogP contribution in [0.25, 0.3) is 0 Å². The zero-order valence-electron chi connectivity index (χ0n) is 10.5. The predicted molar refractivity (Wildman–Crippen MR) is 73.1 cm³/mol. The summed E-state index contributed by atoms with van der Waals surface area (Å²) >= 11 is 5.71. The number of benzene rings is 2. The van der Waals surface area contributed by atoms with Gasteiger partial charge in [0.15, 0.2) is 0 Å². The summed E-state index contributed by atoms with van der Waals surface area (Å²) in [6, 6.07) is 11.2. The van der Waals surface area contributed by atoms with E-state index in [4.69, 9.17) is 11.6 Å². The van der Waals surface area contributed by atoms with Crippen LogP contribution >= 0.6 is 11.6 Å². The van der Waals surface area contributed by atoms with E-state index >= 15 is 0 Å². The molecule has 0 aliphatic carbocycles. The van der Waals surface area contributed by atoms with Crippen LogP contribution in [-0.2, 0) is 6.54 Å². The van der Waals surface area contributed by atoms with Gasteiger partial charge in [0.2, 0.25) is 0 Å². The molecule has 0 aromatic heterocycles. The van der Waals surface area contributed by atoms with E-state index in [0.29, 0.717) is 17.7 Å². The van der Waals surface area contributed by atoms with Gasteiger partial charge in [0.05, 0.1) is 5.02 Å². The van der Waals surface area contributed by atoms with Gasteiger partial charge in [0.25, 0.3) is 0 Å². The summed E-state index contributed by atoms with van der Waals surface area (Å²) in [5.74, 6) is -0.702. The molecular weight excluding hydrogens is 268 g/mol. The van der Waals surface area contributed by atoms with Crippen LogP contribution in [0.1, 0.15) is 24.1 Å². The molecule has 100 valence electrons. The summed E-state index contributed by atoms with van der Waals surface area (Å²) in [6.45, 7) is 2.13. The van der Waals surface area contributed by atoms with E-state index in [9.17, 15) is 8.78 Å². The van der Waals surface area contributed by atoms with Crippen molar-refractivity contribution in [2.45, 2.75) is 19.5 Å². The van der Waals surface area contributed by atoms with Crippen molar-refractivity contribution in [1.82, 2.24) is 5.32 Å². The molecule has 1 atom stereocenters. The first-order chi connectivity index (χ1) is 9.09. The maximum absolute atomic E-state index is 13.7. The lowest BCUT2D eigenvalue weighted by atomic mass is 10.1. The molecule has 2 aromatic carbocycles. The average molecular weight is 282 g/mol. The van der Waals surface area contributed by atoms with E-state index < -0.39 is 5.82 Å². The van der Waals surface area contributed by atoms with E-state index in [0.717, 1.165) is 0 Å². The second-order valence-electron chi connectivity index (χ2n) is 4.34. The molecule has 1 nitrogen and oxygen atoms in total. The van der Waals surface area contributed by atoms with Crippen LogP contribution in [0.5, 0.6) is 0 Å². The lowest BCUT2D eigenvalue weighted by Crippen LogP contribution is -2.19. The first-order valence-corrected chi connectivity index (χ1v) is 6.38. The summed E-state index contributed by atoms with van der Waals surface area (Å²) in [5.41, 5.74) is 1.03. The molecule has 2 rings (SSSR count). The smallest absolute Gasteiger partial charge is 0.146 e. The Morgan fingerprint density at radius 1 is 1.11 bits per heavy atom. The van der Waals surface area contributed by atoms with Gasteiger partial charge in [-0.15, -0.1) is 0 Å². The lowest BCUT2D eigenvalue weighted by molar-refractivity contribution is 0.516. The van der Waals surface area contributed by atoms with Crippen LogP contribution in [0.2, 0.25) is 5.02 Å². The minimum atomic E-state index is -0.433. The third kappa shape index (κ3) is 3.31. The third-order valence-corrected chi connectivity index (χ3v) is 3.29. The van der Waals surface area contributed by atoms with Crippen LogP contribution < -0.4 is 5.32 Å². The molecule has 0 amide bonds. The van der Waals surface area contributed by atoms with Crippen molar-refractivity contribution in [1.29, 1.82) is 0 Å². The molecule has 0 unspecified atom stereocenters. The van der Waals surface area contributed by atoms with Gasteiger partial charge in [0.1, 0.15) is 11.6 Å². The Morgan fingerprint density at radius 2 is 1.84 bits per heavy atom. The monoisotopic (exact) mass is 281 g/mol. The van der Waals surface area contributed by atoms with E-state index in [1.54, 1.807) is 30.3 Å². The third-order valence-electron chi connectivity index (χ3n) is 3.00. The van der Waals surface area contributed by atoms with Crippen molar-refractivity contribution < 1.29 is 8.78 Å². The second-order valence-corrected chi connectivity index (χ2v) is 4.74. The minimum absolute atomic E-state index is 0.0952. The number of rotatable bonds is 4. The van der Waals surface area contributed by atoms with Crippen molar-refractivity contribution in [2.75, 3.05) is 0 Å². The Labute approximate surface area is 116 Å². The van der Waals surface area contributed by atoms with Gasteiger partial charge in [-0.25, -0.2) is 8.78 Å². The van der Waals surface area contributed by atoms with Crippen molar-refractivity contribution in [3.8, 4) is 0 Å². The van der Waals surface area contributed by atoms with E-state index in [-0.39, 0.29) is 16.9 Å². The van der Waals surface area contributed by atoms with Crippen LogP contribution in [-0.4, -0.2) is 0 Å². The molecule has 0 fully saturated rings. The van der Waals surface area contributed by atoms with E-state index in [2.05, 4.69) is 5.32 Å². The maximum atomic E-state index is 13.7. The molecule has 0 radical (unpaired) electrons. The zero-order valence-corrected chi connectivity index (χ0v) is 11.2. The molecular formula is C15H14ClF2N. The molecule has 2 aromatic rings. The Balaban J connectivity index is 2.07. The van der Waals surface area contributed by atoms with Gasteiger partial charge >= 0.3 is 0 Å². The van der Waals surface area contributed by atoms with Gasteiger partial charge in [0, 0.05) is 23.7 Å². The highest BCUT2D eigenvalue weighted by Crippen LogP contribution is 2.20. The quantitative estimate of drug-likeness (QED) is 0.872. The number of hydrogen-bond donors (Lipinski definition) is 1. The summed E-state index contributed by atoms with van der Waals surface area (Å²) in [7, 11) is 0. The van der Waals surface area contributed by atoms with Gasteiger partial charge in [-0.1, -0.05) is 41.9 Å². The highest BCUT2D eigenvalue weighted by molar-refractivity contribution is 6.30. The van der Waals surface area contributed by atoms with Crippen LogP contribution in [0, 0.1) is 11.6 Å². The van der Waals surface area contributed by atoms with Crippen LogP contribution in [0.15, 0.2) is 42.5 Å². The lowest BCUT2D eigenvalue weighted by Gasteiger charge is -2.15. The fraction of sp³-hybridized carbons (Fsp3) is 0.200. The maximum Gasteiger partial charge on any atom is 0.146 e. The molecule has 4 heteroatoms. The van der Waals surface area contributed by atoms with Gasteiger partial charge in [-0.3, -0.25) is 0 Å². The minimum Gasteiger partial charge on any atom is -0.306 e. The standard InChI is InChI=1S/C15H14ClF2N/c1-10(12-6-2-3-8-14(12)17)19-9-11-5-4-7-13(16)15(11)18/h2-8,10,19H,9H2,1H3/t10-/m1/s1. The van der Waals surface area contributed by atoms with Gasteiger partial charge < -0.3 is 5.32 Å². The van der Waals surface area contributed by atoms with Crippen LogP contribution in [0.3, 0.4) is 0 Å². The number of nitrogens with one attached hydrogen (secondary N) is 1. The van der Waals surface area contributed by atoms with E-state index in [1.807, 2.05) is 6.92 Å². The molecule has 0 saturated heterocycles. The molecule has 0 aliphatic heterocycles. The van der Waals surface area contributed by atoms with Crippen molar-refractivity contribution in [3.63, 3.8) is 0 Å². The van der Waals surface area contributed by atoms with E-state index in [1.165, 1.54) is 12.1 Å². The fourth-order valence-corrected chi connectivity index (χ4v) is 2.08. The Morgan fingerprint density at radius 3 is 2.58 bits per heavy atom. The van der Waals surface area contributed by atoms with Gasteiger partial charge in [-0.2, -0.15) is 0 Å². The second kappa shape index (κ2) is 6.13. The predicted octanol–water partition coefficient (Wildman–Crippen LogP) is 4.47. The SMILES string of the molecule is C[C@@H](NCc1cccc(Cl)c1F)c1ccccc1F. The Hall–Kier alpha value is -1.45. The number of halogens is 3. The molecule has 0 bridgehead atoms. The molecule has 0 aliphatic rings.